The van der Waals surface area contributed by atoms with Crippen LogP contribution in [0.1, 0.15) is 75.6 Å². The summed E-state index contributed by atoms with van der Waals surface area (Å²) >= 11 is 0. The molecule has 0 bridgehead atoms. The van der Waals surface area contributed by atoms with Crippen LogP contribution in [0.25, 0.3) is 0 Å². The van der Waals surface area contributed by atoms with Gasteiger partial charge >= 0.3 is 6.09 Å². The number of halogens is 1. The number of carbonyl (C=O) groups excluding carboxylic acids is 3. The number of likely N-dealkylation sites (tertiary alicyclic amines) is 1. The Balaban J connectivity index is 1.33. The molecular weight excluding hydrogens is 653 g/mol. The van der Waals surface area contributed by atoms with Gasteiger partial charge in [-0.2, -0.15) is 0 Å². The molecule has 3 fully saturated rings. The lowest BCUT2D eigenvalue weighted by Crippen LogP contribution is -2.58. The minimum Gasteiger partial charge on any atom is -0.465 e. The van der Waals surface area contributed by atoms with Gasteiger partial charge in [-0.25, -0.2) is 17.6 Å². The third-order valence-electron chi connectivity index (χ3n) is 10.6. The van der Waals surface area contributed by atoms with Crippen molar-refractivity contribution in [1.82, 2.24) is 19.8 Å². The standard InChI is InChI=1S/C35H44FN5O7S/c1-5-22-16-35(22,33(44)39-49(47,48)24-12-13-24)38-31(42)28-15-21(30-25-10-7-11-27(36)26(25)18-41(30)34(45)46)17-40(28)32(43)29(19(2)3)37-23-9-6-8-20(4)14-23/h6-11,14,19,21-22,24,28-30,37H,5,12-13,15-18H2,1-4H3,(H,38,42)(H,39,44)(H,45,46)/t21-,22?,28+,29+,30?,35?/m1/s1. The summed E-state index contributed by atoms with van der Waals surface area (Å²) in [5.74, 6) is -3.41. The SMILES string of the molecule is CCC1CC1(NC(=O)[C@@H]1C[C@@H](C2c3cccc(F)c3CN2C(=O)O)CN1C(=O)[C@@H](Nc1cccc(C)c1)C(C)C)C(=O)NS(=O)(=O)C1CC1. The summed E-state index contributed by atoms with van der Waals surface area (Å²) in [5, 5.41) is 15.7. The zero-order valence-electron chi connectivity index (χ0n) is 28.1. The van der Waals surface area contributed by atoms with Crippen LogP contribution in [-0.4, -0.2) is 76.6 Å². The molecule has 2 saturated carbocycles. The maximum Gasteiger partial charge on any atom is 0.408 e. The Morgan fingerprint density at radius 2 is 1.80 bits per heavy atom. The van der Waals surface area contributed by atoms with Crippen molar-refractivity contribution in [1.29, 1.82) is 0 Å². The van der Waals surface area contributed by atoms with Crippen molar-refractivity contribution >= 4 is 39.5 Å². The van der Waals surface area contributed by atoms with Gasteiger partial charge < -0.3 is 20.6 Å². The smallest absolute Gasteiger partial charge is 0.408 e. The maximum absolute atomic E-state index is 14.9. The first-order valence-electron chi connectivity index (χ1n) is 17.0. The number of sulfonamides is 1. The van der Waals surface area contributed by atoms with Gasteiger partial charge in [-0.15, -0.1) is 0 Å². The Morgan fingerprint density at radius 3 is 2.41 bits per heavy atom. The third-order valence-corrected chi connectivity index (χ3v) is 12.4. The second-order valence-corrected chi connectivity index (χ2v) is 16.3. The summed E-state index contributed by atoms with van der Waals surface area (Å²) < 4.78 is 42.5. The van der Waals surface area contributed by atoms with Crippen molar-refractivity contribution < 1.29 is 37.1 Å². The molecule has 14 heteroatoms. The minimum absolute atomic E-state index is 0.00645. The number of amides is 4. The molecule has 1 saturated heterocycles. The molecular formula is C35H44FN5O7S. The Bertz CT molecular complexity index is 1780. The summed E-state index contributed by atoms with van der Waals surface area (Å²) in [6, 6.07) is 9.35. The molecule has 2 aromatic rings. The summed E-state index contributed by atoms with van der Waals surface area (Å²) in [4.78, 5) is 57.4. The van der Waals surface area contributed by atoms with E-state index in [0.717, 1.165) is 16.2 Å². The zero-order valence-corrected chi connectivity index (χ0v) is 28.9. The van der Waals surface area contributed by atoms with Crippen molar-refractivity contribution in [3.63, 3.8) is 0 Å². The maximum atomic E-state index is 14.9. The molecule has 3 unspecified atom stereocenters. The van der Waals surface area contributed by atoms with Gasteiger partial charge in [0, 0.05) is 23.7 Å². The number of carbonyl (C=O) groups is 4. The van der Waals surface area contributed by atoms with Crippen LogP contribution in [0.3, 0.4) is 0 Å². The van der Waals surface area contributed by atoms with Gasteiger partial charge in [-0.3, -0.25) is 24.0 Å². The van der Waals surface area contributed by atoms with Gasteiger partial charge in [0.25, 0.3) is 5.91 Å². The van der Waals surface area contributed by atoms with E-state index in [-0.39, 0.29) is 49.2 Å². The van der Waals surface area contributed by atoms with Crippen LogP contribution >= 0.6 is 0 Å². The fourth-order valence-corrected chi connectivity index (χ4v) is 9.01. The Kier molecular flexibility index (Phi) is 9.14. The topological polar surface area (TPSA) is 165 Å². The van der Waals surface area contributed by atoms with Crippen LogP contribution in [0.5, 0.6) is 0 Å². The molecule has 2 aliphatic heterocycles. The first kappa shape index (κ1) is 34.7. The lowest BCUT2D eigenvalue weighted by atomic mass is 9.90. The number of benzene rings is 2. The highest BCUT2D eigenvalue weighted by Gasteiger charge is 2.62. The number of hydrogen-bond donors (Lipinski definition) is 4. The number of anilines is 1. The second-order valence-electron chi connectivity index (χ2n) is 14.3. The Labute approximate surface area is 285 Å². The highest BCUT2D eigenvalue weighted by atomic mass is 32.2. The van der Waals surface area contributed by atoms with Crippen LogP contribution in [0.4, 0.5) is 14.9 Å². The fraction of sp³-hybridized carbons (Fsp3) is 0.543. The number of carboxylic acid groups (broad SMARTS) is 1. The molecule has 6 atom stereocenters. The van der Waals surface area contributed by atoms with Crippen molar-refractivity contribution in [3.8, 4) is 0 Å². The molecule has 6 rings (SSSR count). The summed E-state index contributed by atoms with van der Waals surface area (Å²) in [7, 11) is -3.88. The monoisotopic (exact) mass is 697 g/mol. The highest BCUT2D eigenvalue weighted by molar-refractivity contribution is 7.91. The minimum atomic E-state index is -3.88. The molecule has 4 N–H and O–H groups in total. The van der Waals surface area contributed by atoms with E-state index in [1.165, 1.54) is 17.0 Å². The molecule has 12 nitrogen and oxygen atoms in total. The summed E-state index contributed by atoms with van der Waals surface area (Å²) in [5.41, 5.74) is 1.01. The summed E-state index contributed by atoms with van der Waals surface area (Å²) in [6.07, 6.45) is 0.497. The van der Waals surface area contributed by atoms with E-state index in [4.69, 9.17) is 0 Å². The van der Waals surface area contributed by atoms with E-state index < -0.39 is 68.6 Å². The molecule has 0 radical (unpaired) electrons. The van der Waals surface area contributed by atoms with E-state index in [1.54, 1.807) is 6.07 Å². The van der Waals surface area contributed by atoms with E-state index in [0.29, 0.717) is 24.8 Å². The van der Waals surface area contributed by atoms with Gasteiger partial charge in [-0.1, -0.05) is 51.5 Å². The van der Waals surface area contributed by atoms with Gasteiger partial charge in [0.05, 0.1) is 17.8 Å². The van der Waals surface area contributed by atoms with Crippen molar-refractivity contribution in [2.75, 3.05) is 11.9 Å². The van der Waals surface area contributed by atoms with E-state index in [1.807, 2.05) is 52.0 Å². The Morgan fingerprint density at radius 1 is 1.08 bits per heavy atom. The van der Waals surface area contributed by atoms with Gasteiger partial charge in [-0.05, 0) is 73.8 Å². The van der Waals surface area contributed by atoms with Crippen LogP contribution in [-0.2, 0) is 31.0 Å². The van der Waals surface area contributed by atoms with Crippen molar-refractivity contribution in [2.45, 2.75) is 95.3 Å². The number of rotatable bonds is 11. The lowest BCUT2D eigenvalue weighted by molar-refractivity contribution is -0.140. The van der Waals surface area contributed by atoms with E-state index in [9.17, 15) is 37.1 Å². The fourth-order valence-electron chi connectivity index (χ4n) is 7.64. The normalized spacial score (nSPS) is 26.7. The predicted molar refractivity (Wildman–Crippen MR) is 179 cm³/mol. The zero-order chi connectivity index (χ0) is 35.4. The van der Waals surface area contributed by atoms with E-state index in [2.05, 4.69) is 15.4 Å². The molecule has 2 aromatic carbocycles. The molecule has 2 heterocycles. The number of fused-ring (bicyclic) bond motifs is 1. The molecule has 2 aliphatic carbocycles. The van der Waals surface area contributed by atoms with Crippen LogP contribution in [0.15, 0.2) is 42.5 Å². The molecule has 4 aliphatic rings. The van der Waals surface area contributed by atoms with Gasteiger partial charge in [0.2, 0.25) is 21.8 Å². The van der Waals surface area contributed by atoms with Gasteiger partial charge in [0.15, 0.2) is 0 Å². The van der Waals surface area contributed by atoms with Crippen LogP contribution in [0.2, 0.25) is 0 Å². The Hall–Kier alpha value is -4.20. The average Bonchev–Trinajstić information content (AvgIpc) is 3.93. The first-order valence-corrected chi connectivity index (χ1v) is 18.5. The van der Waals surface area contributed by atoms with Crippen molar-refractivity contribution in [3.05, 3.63) is 65.0 Å². The second kappa shape index (κ2) is 12.9. The molecule has 0 aromatic heterocycles. The first-order chi connectivity index (χ1) is 23.2. The summed E-state index contributed by atoms with van der Waals surface area (Å²) in [6.45, 7) is 7.39. The number of nitrogens with zero attached hydrogens (tertiary/aromatic N) is 2. The molecule has 0 spiro atoms. The lowest BCUT2D eigenvalue weighted by Gasteiger charge is -2.32. The largest absolute Gasteiger partial charge is 0.465 e. The molecule has 49 heavy (non-hydrogen) atoms. The quantitative estimate of drug-likeness (QED) is 0.275. The number of hydrogen-bond acceptors (Lipinski definition) is 7. The molecule has 264 valence electrons. The van der Waals surface area contributed by atoms with Gasteiger partial charge in [0.1, 0.15) is 23.4 Å². The predicted octanol–water partition coefficient (Wildman–Crippen LogP) is 3.92. The highest BCUT2D eigenvalue weighted by Crippen LogP contribution is 2.48. The average molecular weight is 698 g/mol. The third kappa shape index (κ3) is 6.59. The number of aryl methyl sites for hydroxylation is 1. The van der Waals surface area contributed by atoms with Crippen molar-refractivity contribution in [2.24, 2.45) is 17.8 Å². The molecule has 4 amide bonds. The number of nitrogens with one attached hydrogen (secondary N) is 3. The van der Waals surface area contributed by atoms with E-state index >= 15 is 0 Å². The van der Waals surface area contributed by atoms with Crippen LogP contribution in [0, 0.1) is 30.5 Å². The van der Waals surface area contributed by atoms with Crippen LogP contribution < -0.4 is 15.4 Å².